The molecule has 0 fully saturated rings. The van der Waals surface area contributed by atoms with Crippen molar-refractivity contribution in [1.29, 1.82) is 0 Å². The number of carbonyl (C=O) groups excluding carboxylic acids is 1. The Morgan fingerprint density at radius 3 is 2.50 bits per heavy atom. The van der Waals surface area contributed by atoms with Crippen LogP contribution in [0.4, 0.5) is 5.69 Å². The number of anilines is 1. The average molecular weight is 483 g/mol. The zero-order valence-corrected chi connectivity index (χ0v) is 19.7. The number of nitrogens with zero attached hydrogens (tertiary/aromatic N) is 1. The third kappa shape index (κ3) is 4.79. The quantitative estimate of drug-likeness (QED) is 0.531. The van der Waals surface area contributed by atoms with Crippen LogP contribution in [0.2, 0.25) is 0 Å². The summed E-state index contributed by atoms with van der Waals surface area (Å²) in [6, 6.07) is 21.1. The molecule has 1 aliphatic rings. The van der Waals surface area contributed by atoms with Crippen molar-refractivity contribution in [1.82, 2.24) is 5.32 Å². The maximum absolute atomic E-state index is 13.8. The number of fused-ring (bicyclic) bond motifs is 1. The summed E-state index contributed by atoms with van der Waals surface area (Å²) in [5.41, 5.74) is 1.44. The van der Waals surface area contributed by atoms with Crippen LogP contribution in [0.25, 0.3) is 0 Å². The van der Waals surface area contributed by atoms with Crippen molar-refractivity contribution in [3.63, 3.8) is 0 Å². The Morgan fingerprint density at radius 1 is 1.03 bits per heavy atom. The second kappa shape index (κ2) is 10.0. The molecule has 34 heavy (non-hydrogen) atoms. The average Bonchev–Trinajstić information content (AvgIpc) is 2.88. The first kappa shape index (κ1) is 23.4. The lowest BCUT2D eigenvalue weighted by molar-refractivity contribution is -0.127. The largest absolute Gasteiger partial charge is 0.497 e. The van der Waals surface area contributed by atoms with E-state index < -0.39 is 16.1 Å². The van der Waals surface area contributed by atoms with Gasteiger partial charge in [0.2, 0.25) is 0 Å². The minimum atomic E-state index is -4.11. The summed E-state index contributed by atoms with van der Waals surface area (Å²) in [4.78, 5) is 12.9. The van der Waals surface area contributed by atoms with Gasteiger partial charge < -0.3 is 19.5 Å². The van der Waals surface area contributed by atoms with Crippen molar-refractivity contribution in [3.8, 4) is 17.2 Å². The highest BCUT2D eigenvalue weighted by molar-refractivity contribution is 7.93. The van der Waals surface area contributed by atoms with Gasteiger partial charge in [-0.25, -0.2) is 8.42 Å². The Kier molecular flexibility index (Phi) is 6.93. The first-order chi connectivity index (χ1) is 16.4. The van der Waals surface area contributed by atoms with Crippen molar-refractivity contribution in [2.75, 3.05) is 31.6 Å². The highest BCUT2D eigenvalue weighted by Crippen LogP contribution is 2.39. The molecule has 0 aromatic heterocycles. The van der Waals surface area contributed by atoms with E-state index in [1.807, 2.05) is 30.3 Å². The summed E-state index contributed by atoms with van der Waals surface area (Å²) in [6.45, 7) is 0.220. The molecule has 0 spiro atoms. The van der Waals surface area contributed by atoms with Gasteiger partial charge in [0, 0.05) is 12.6 Å². The maximum Gasteiger partial charge on any atom is 0.268 e. The molecular weight excluding hydrogens is 456 g/mol. The van der Waals surface area contributed by atoms with Crippen molar-refractivity contribution >= 4 is 21.6 Å². The summed E-state index contributed by atoms with van der Waals surface area (Å²) in [5.74, 6) is 0.468. The molecule has 1 atom stereocenters. The maximum atomic E-state index is 13.8. The number of sulfonamides is 1. The van der Waals surface area contributed by atoms with Gasteiger partial charge in [-0.1, -0.05) is 42.5 Å². The van der Waals surface area contributed by atoms with Gasteiger partial charge in [-0.2, -0.15) is 0 Å². The van der Waals surface area contributed by atoms with E-state index in [0.717, 1.165) is 5.56 Å². The van der Waals surface area contributed by atoms with E-state index in [4.69, 9.17) is 14.2 Å². The molecule has 0 saturated carbocycles. The van der Waals surface area contributed by atoms with Gasteiger partial charge >= 0.3 is 0 Å². The highest BCUT2D eigenvalue weighted by atomic mass is 32.2. The normalized spacial score (nSPS) is 15.1. The third-order valence-corrected chi connectivity index (χ3v) is 7.32. The van der Waals surface area contributed by atoms with Crippen LogP contribution in [0.1, 0.15) is 5.56 Å². The number of rotatable bonds is 8. The summed E-state index contributed by atoms with van der Waals surface area (Å²) >= 11 is 0. The van der Waals surface area contributed by atoms with Crippen molar-refractivity contribution in [2.45, 2.75) is 17.4 Å². The molecule has 1 amide bonds. The Hall–Kier alpha value is -3.72. The molecule has 9 heteroatoms. The molecule has 4 rings (SSSR count). The second-order valence-corrected chi connectivity index (χ2v) is 9.48. The smallest absolute Gasteiger partial charge is 0.268 e. The molecule has 0 aliphatic carbocycles. The molecule has 3 aromatic carbocycles. The fraction of sp³-hybridized carbons (Fsp3) is 0.240. The van der Waals surface area contributed by atoms with Gasteiger partial charge in [0.05, 0.1) is 26.5 Å². The first-order valence-electron chi connectivity index (χ1n) is 10.8. The molecule has 8 nitrogen and oxygen atoms in total. The predicted octanol–water partition coefficient (Wildman–Crippen LogP) is 3.02. The van der Waals surface area contributed by atoms with Crippen LogP contribution in [-0.4, -0.2) is 47.7 Å². The van der Waals surface area contributed by atoms with Gasteiger partial charge in [-0.05, 0) is 36.2 Å². The lowest BCUT2D eigenvalue weighted by Crippen LogP contribution is -2.51. The van der Waals surface area contributed by atoms with E-state index in [2.05, 4.69) is 5.32 Å². The highest BCUT2D eigenvalue weighted by Gasteiger charge is 2.38. The molecule has 178 valence electrons. The molecule has 1 N–H and O–H groups in total. The molecule has 0 bridgehead atoms. The molecular formula is C25H26N2O6S. The monoisotopic (exact) mass is 482 g/mol. The lowest BCUT2D eigenvalue weighted by atomic mass is 10.1. The number of benzene rings is 3. The number of para-hydroxylation sites is 2. The number of carbonyl (C=O) groups is 1. The van der Waals surface area contributed by atoms with E-state index in [1.165, 1.54) is 30.7 Å². The number of nitrogens with one attached hydrogen (secondary N) is 1. The SMILES string of the molecule is COc1ccc(OC)c(S(=O)(=O)N2C[C@H](C(=O)NCCc3ccccc3)Oc3ccccc32)c1. The number of ether oxygens (including phenoxy) is 3. The van der Waals surface area contributed by atoms with Crippen LogP contribution in [0.5, 0.6) is 17.2 Å². The minimum absolute atomic E-state index is 0.0608. The van der Waals surface area contributed by atoms with Crippen LogP contribution in [-0.2, 0) is 21.2 Å². The van der Waals surface area contributed by atoms with Crippen LogP contribution < -0.4 is 23.8 Å². The Balaban J connectivity index is 1.60. The second-order valence-electron chi connectivity index (χ2n) is 7.65. The summed E-state index contributed by atoms with van der Waals surface area (Å²) < 4.78 is 45.1. The Morgan fingerprint density at radius 2 is 1.76 bits per heavy atom. The lowest BCUT2D eigenvalue weighted by Gasteiger charge is -2.35. The van der Waals surface area contributed by atoms with Gasteiger partial charge in [0.25, 0.3) is 15.9 Å². The molecule has 0 saturated heterocycles. The fourth-order valence-corrected chi connectivity index (χ4v) is 5.41. The van der Waals surface area contributed by atoms with E-state index >= 15 is 0 Å². The minimum Gasteiger partial charge on any atom is -0.497 e. The first-order valence-corrected chi connectivity index (χ1v) is 12.2. The molecule has 3 aromatic rings. The summed E-state index contributed by atoms with van der Waals surface area (Å²) in [5, 5.41) is 2.85. The number of amides is 1. The standard InChI is InChI=1S/C25H26N2O6S/c1-31-19-12-13-22(32-2)24(16-19)34(29,30)27-17-23(33-21-11-7-6-10-20(21)27)25(28)26-15-14-18-8-4-3-5-9-18/h3-13,16,23H,14-15,17H2,1-2H3,(H,26,28)/t23-/m1/s1. The molecule has 0 radical (unpaired) electrons. The van der Waals surface area contributed by atoms with E-state index in [1.54, 1.807) is 30.3 Å². The summed E-state index contributed by atoms with van der Waals surface area (Å²) in [7, 11) is -1.26. The topological polar surface area (TPSA) is 94.2 Å². The van der Waals surface area contributed by atoms with Gasteiger partial charge in [0.1, 0.15) is 22.1 Å². The van der Waals surface area contributed by atoms with Crippen LogP contribution >= 0.6 is 0 Å². The summed E-state index contributed by atoms with van der Waals surface area (Å²) in [6.07, 6.45) is -0.365. The van der Waals surface area contributed by atoms with Crippen molar-refractivity contribution in [2.24, 2.45) is 0 Å². The van der Waals surface area contributed by atoms with Gasteiger partial charge in [-0.15, -0.1) is 0 Å². The van der Waals surface area contributed by atoms with Crippen molar-refractivity contribution in [3.05, 3.63) is 78.4 Å². The number of hydrogen-bond donors (Lipinski definition) is 1. The van der Waals surface area contributed by atoms with Crippen LogP contribution in [0, 0.1) is 0 Å². The van der Waals surface area contributed by atoms with E-state index in [-0.39, 0.29) is 23.1 Å². The molecule has 1 heterocycles. The fourth-order valence-electron chi connectivity index (χ4n) is 3.76. The zero-order chi connectivity index (χ0) is 24.1. The third-order valence-electron chi connectivity index (χ3n) is 5.52. The van der Waals surface area contributed by atoms with Crippen molar-refractivity contribution < 1.29 is 27.4 Å². The van der Waals surface area contributed by atoms with Crippen LogP contribution in [0.15, 0.2) is 77.7 Å². The van der Waals surface area contributed by atoms with E-state index in [9.17, 15) is 13.2 Å². The number of methoxy groups -OCH3 is 2. The Bertz CT molecular complexity index is 1260. The molecule has 1 aliphatic heterocycles. The van der Waals surface area contributed by atoms with Gasteiger partial charge in [0.15, 0.2) is 6.10 Å². The number of hydrogen-bond acceptors (Lipinski definition) is 6. The van der Waals surface area contributed by atoms with E-state index in [0.29, 0.717) is 30.2 Å². The predicted molar refractivity (Wildman–Crippen MR) is 128 cm³/mol. The molecule has 0 unspecified atom stereocenters. The zero-order valence-electron chi connectivity index (χ0n) is 18.9. The van der Waals surface area contributed by atoms with Gasteiger partial charge in [-0.3, -0.25) is 9.10 Å². The van der Waals surface area contributed by atoms with Crippen LogP contribution in [0.3, 0.4) is 0 Å². The Labute approximate surface area is 199 Å².